The van der Waals surface area contributed by atoms with Crippen molar-refractivity contribution in [3.05, 3.63) is 94.5 Å². The summed E-state index contributed by atoms with van der Waals surface area (Å²) >= 11 is 0. The van der Waals surface area contributed by atoms with Crippen molar-refractivity contribution in [2.24, 2.45) is 0 Å². The van der Waals surface area contributed by atoms with Gasteiger partial charge in [-0.1, -0.05) is 54.1 Å². The molecule has 1 heterocycles. The molecule has 0 saturated heterocycles. The summed E-state index contributed by atoms with van der Waals surface area (Å²) in [7, 11) is 1.53. The summed E-state index contributed by atoms with van der Waals surface area (Å²) in [4.78, 5) is 28.0. The summed E-state index contributed by atoms with van der Waals surface area (Å²) in [5, 5.41) is 11.5. The molecule has 0 fully saturated rings. The van der Waals surface area contributed by atoms with E-state index in [9.17, 15) is 14.7 Å². The third-order valence-corrected chi connectivity index (χ3v) is 5.87. The Labute approximate surface area is 181 Å². The molecule has 0 spiro atoms. The number of ether oxygens (including phenoxy) is 1. The first-order valence-electron chi connectivity index (χ1n) is 10.2. The summed E-state index contributed by atoms with van der Waals surface area (Å²) in [6.07, 6.45) is -0.334. The fraction of sp³-hybridized carbons (Fsp3) is 0.231. The summed E-state index contributed by atoms with van der Waals surface area (Å²) in [6, 6.07) is 19.9. The van der Waals surface area contributed by atoms with Crippen molar-refractivity contribution in [3.63, 3.8) is 0 Å². The Balaban J connectivity index is 1.68. The van der Waals surface area contributed by atoms with Gasteiger partial charge in [0.15, 0.2) is 11.4 Å². The average Bonchev–Trinajstić information content (AvgIpc) is 2.97. The van der Waals surface area contributed by atoms with E-state index in [1.807, 2.05) is 38.1 Å². The van der Waals surface area contributed by atoms with E-state index in [1.54, 1.807) is 41.3 Å². The SMILES string of the molecule is COc1cccc(C(=O)C[C@@]2(O)C(=O)N(Cc3ccc(C)cc3C)c3ccccc32)c1. The van der Waals surface area contributed by atoms with Gasteiger partial charge in [0.1, 0.15) is 5.75 Å². The second-order valence-corrected chi connectivity index (χ2v) is 8.03. The first kappa shape index (κ1) is 20.8. The van der Waals surface area contributed by atoms with Gasteiger partial charge in [-0.3, -0.25) is 9.59 Å². The second-order valence-electron chi connectivity index (χ2n) is 8.03. The largest absolute Gasteiger partial charge is 0.497 e. The van der Waals surface area contributed by atoms with Crippen LogP contribution in [0.25, 0.3) is 0 Å². The second kappa shape index (κ2) is 8.00. The number of aliphatic hydroxyl groups is 1. The molecule has 158 valence electrons. The zero-order chi connectivity index (χ0) is 22.2. The van der Waals surface area contributed by atoms with Crippen LogP contribution in [0.3, 0.4) is 0 Å². The first-order valence-corrected chi connectivity index (χ1v) is 10.2. The molecule has 5 nitrogen and oxygen atoms in total. The molecule has 4 rings (SSSR count). The number of hydrogen-bond acceptors (Lipinski definition) is 4. The summed E-state index contributed by atoms with van der Waals surface area (Å²) < 4.78 is 5.19. The highest BCUT2D eigenvalue weighted by Gasteiger charge is 2.50. The Hall–Kier alpha value is -3.44. The maximum absolute atomic E-state index is 13.5. The lowest BCUT2D eigenvalue weighted by atomic mass is 9.88. The molecule has 0 radical (unpaired) electrons. The number of amides is 1. The highest BCUT2D eigenvalue weighted by molar-refractivity contribution is 6.10. The molecule has 5 heteroatoms. The quantitative estimate of drug-likeness (QED) is 0.609. The lowest BCUT2D eigenvalue weighted by Gasteiger charge is -2.23. The van der Waals surface area contributed by atoms with Crippen LogP contribution in [0.4, 0.5) is 5.69 Å². The van der Waals surface area contributed by atoms with Crippen LogP contribution in [-0.4, -0.2) is 23.9 Å². The van der Waals surface area contributed by atoms with Crippen molar-refractivity contribution < 1.29 is 19.4 Å². The van der Waals surface area contributed by atoms with E-state index in [1.165, 1.54) is 7.11 Å². The molecule has 0 saturated carbocycles. The van der Waals surface area contributed by atoms with Gasteiger partial charge in [0.25, 0.3) is 5.91 Å². The molecule has 0 aliphatic carbocycles. The van der Waals surface area contributed by atoms with Gasteiger partial charge >= 0.3 is 0 Å². The summed E-state index contributed by atoms with van der Waals surface area (Å²) in [5.74, 6) is -0.254. The number of carbonyl (C=O) groups excluding carboxylic acids is 2. The van der Waals surface area contributed by atoms with Crippen molar-refractivity contribution in [3.8, 4) is 5.75 Å². The third kappa shape index (κ3) is 3.73. The van der Waals surface area contributed by atoms with Gasteiger partial charge in [-0.2, -0.15) is 0 Å². The standard InChI is InChI=1S/C26H25NO4/c1-17-11-12-20(18(2)13-17)16-27-23-10-5-4-9-22(23)26(30,25(27)29)15-24(28)19-7-6-8-21(14-19)31-3/h4-14,30H,15-16H2,1-3H3/t26-/m0/s1. The van der Waals surface area contributed by atoms with Crippen LogP contribution >= 0.6 is 0 Å². The van der Waals surface area contributed by atoms with Crippen molar-refractivity contribution in [2.75, 3.05) is 12.0 Å². The molecule has 3 aromatic carbocycles. The van der Waals surface area contributed by atoms with Gasteiger partial charge < -0.3 is 14.7 Å². The molecule has 0 aromatic heterocycles. The van der Waals surface area contributed by atoms with Gasteiger partial charge in [-0.15, -0.1) is 0 Å². The molecule has 0 unspecified atom stereocenters. The Morgan fingerprint density at radius 3 is 2.55 bits per heavy atom. The maximum atomic E-state index is 13.5. The fourth-order valence-electron chi connectivity index (χ4n) is 4.16. The number of nitrogens with zero attached hydrogens (tertiary/aromatic N) is 1. The Morgan fingerprint density at radius 1 is 1.03 bits per heavy atom. The molecular formula is C26H25NO4. The van der Waals surface area contributed by atoms with Crippen LogP contribution in [0.2, 0.25) is 0 Å². The summed E-state index contributed by atoms with van der Waals surface area (Å²) in [5.41, 5.74) is 2.80. The number of methoxy groups -OCH3 is 1. The molecular weight excluding hydrogens is 390 g/mol. The van der Waals surface area contributed by atoms with E-state index in [0.29, 0.717) is 29.1 Å². The number of carbonyl (C=O) groups is 2. The number of ketones is 1. The molecule has 1 atom stereocenters. The highest BCUT2D eigenvalue weighted by Crippen LogP contribution is 2.43. The highest BCUT2D eigenvalue weighted by atomic mass is 16.5. The number of para-hydroxylation sites is 1. The Kier molecular flexibility index (Phi) is 5.38. The number of fused-ring (bicyclic) bond motifs is 1. The minimum atomic E-state index is -1.91. The number of rotatable bonds is 6. The van der Waals surface area contributed by atoms with Crippen LogP contribution in [0.15, 0.2) is 66.7 Å². The normalized spacial score (nSPS) is 17.5. The minimum absolute atomic E-state index is 0.321. The molecule has 1 amide bonds. The topological polar surface area (TPSA) is 66.8 Å². The van der Waals surface area contributed by atoms with Crippen LogP contribution < -0.4 is 9.64 Å². The van der Waals surface area contributed by atoms with E-state index >= 15 is 0 Å². The van der Waals surface area contributed by atoms with Gasteiger partial charge in [-0.05, 0) is 43.2 Å². The minimum Gasteiger partial charge on any atom is -0.497 e. The molecule has 1 aliphatic heterocycles. The Bertz CT molecular complexity index is 1170. The molecule has 0 bridgehead atoms. The van der Waals surface area contributed by atoms with Gasteiger partial charge in [0.05, 0.1) is 25.8 Å². The number of aryl methyl sites for hydroxylation is 2. The first-order chi connectivity index (χ1) is 14.8. The van der Waals surface area contributed by atoms with Crippen LogP contribution in [0, 0.1) is 13.8 Å². The lowest BCUT2D eigenvalue weighted by molar-refractivity contribution is -0.136. The maximum Gasteiger partial charge on any atom is 0.264 e. The van der Waals surface area contributed by atoms with Crippen LogP contribution in [-0.2, 0) is 16.9 Å². The summed E-state index contributed by atoms with van der Waals surface area (Å²) in [6.45, 7) is 4.36. The van der Waals surface area contributed by atoms with Gasteiger partial charge in [0, 0.05) is 11.1 Å². The van der Waals surface area contributed by atoms with Crippen molar-refractivity contribution in [1.82, 2.24) is 0 Å². The smallest absolute Gasteiger partial charge is 0.264 e. The van der Waals surface area contributed by atoms with Crippen molar-refractivity contribution in [1.29, 1.82) is 0 Å². The zero-order valence-corrected chi connectivity index (χ0v) is 17.9. The predicted molar refractivity (Wildman–Crippen MR) is 119 cm³/mol. The molecule has 3 aromatic rings. The van der Waals surface area contributed by atoms with E-state index in [0.717, 1.165) is 16.7 Å². The van der Waals surface area contributed by atoms with Crippen LogP contribution in [0.5, 0.6) is 5.75 Å². The predicted octanol–water partition coefficient (Wildman–Crippen LogP) is 4.32. The molecule has 1 N–H and O–H groups in total. The zero-order valence-electron chi connectivity index (χ0n) is 17.9. The van der Waals surface area contributed by atoms with Gasteiger partial charge in [0.2, 0.25) is 0 Å². The number of Topliss-reactive ketones (excluding diaryl/α,β-unsaturated/α-hetero) is 1. The van der Waals surface area contributed by atoms with E-state index in [-0.39, 0.29) is 12.2 Å². The molecule has 31 heavy (non-hydrogen) atoms. The average molecular weight is 415 g/mol. The van der Waals surface area contributed by atoms with Gasteiger partial charge in [-0.25, -0.2) is 0 Å². The fourth-order valence-corrected chi connectivity index (χ4v) is 4.16. The molecule has 1 aliphatic rings. The van der Waals surface area contributed by atoms with E-state index in [2.05, 4.69) is 6.07 Å². The monoisotopic (exact) mass is 415 g/mol. The number of benzene rings is 3. The van der Waals surface area contributed by atoms with E-state index < -0.39 is 11.5 Å². The van der Waals surface area contributed by atoms with Crippen molar-refractivity contribution in [2.45, 2.75) is 32.4 Å². The van der Waals surface area contributed by atoms with Crippen molar-refractivity contribution >= 4 is 17.4 Å². The number of anilines is 1. The number of hydrogen-bond donors (Lipinski definition) is 1. The third-order valence-electron chi connectivity index (χ3n) is 5.87. The lowest BCUT2D eigenvalue weighted by Crippen LogP contribution is -2.41. The van der Waals surface area contributed by atoms with E-state index in [4.69, 9.17) is 4.74 Å². The Morgan fingerprint density at radius 2 is 1.81 bits per heavy atom. The van der Waals surface area contributed by atoms with Crippen LogP contribution in [0.1, 0.15) is 39.0 Å².